The molecule has 0 aliphatic carbocycles. The lowest BCUT2D eigenvalue weighted by Gasteiger charge is -2.19. The van der Waals surface area contributed by atoms with Gasteiger partial charge in [-0.25, -0.2) is 4.39 Å². The van der Waals surface area contributed by atoms with Gasteiger partial charge in [-0.1, -0.05) is 11.8 Å². The molecule has 1 aromatic carbocycles. The maximum Gasteiger partial charge on any atom is 0.165 e. The predicted molar refractivity (Wildman–Crippen MR) is 78.7 cm³/mol. The van der Waals surface area contributed by atoms with Crippen LogP contribution in [0.2, 0.25) is 0 Å². The number of benzene rings is 1. The average Bonchev–Trinajstić information content (AvgIpc) is 2.79. The van der Waals surface area contributed by atoms with E-state index in [2.05, 4.69) is 11.8 Å². The molecule has 4 heteroatoms. The predicted octanol–water partition coefficient (Wildman–Crippen LogP) is 2.90. The van der Waals surface area contributed by atoms with Crippen LogP contribution in [0.1, 0.15) is 38.7 Å². The Morgan fingerprint density at radius 2 is 2.29 bits per heavy atom. The summed E-state index contributed by atoms with van der Waals surface area (Å²) in [4.78, 5) is 0. The van der Waals surface area contributed by atoms with Crippen LogP contribution in [0.25, 0.3) is 0 Å². The van der Waals surface area contributed by atoms with Crippen LogP contribution < -0.4 is 4.74 Å². The second-order valence-corrected chi connectivity index (χ2v) is 5.77. The van der Waals surface area contributed by atoms with Crippen LogP contribution in [0, 0.1) is 17.7 Å². The topological polar surface area (TPSA) is 38.7 Å². The Balaban J connectivity index is 1.96. The molecule has 1 fully saturated rings. The van der Waals surface area contributed by atoms with Crippen LogP contribution in [0.3, 0.4) is 0 Å². The van der Waals surface area contributed by atoms with Crippen molar-refractivity contribution in [1.29, 1.82) is 0 Å². The fourth-order valence-corrected chi connectivity index (χ4v) is 2.29. The summed E-state index contributed by atoms with van der Waals surface area (Å²) in [7, 11) is 0. The van der Waals surface area contributed by atoms with Gasteiger partial charge in [0.05, 0.1) is 18.3 Å². The van der Waals surface area contributed by atoms with Crippen molar-refractivity contribution in [2.75, 3.05) is 13.2 Å². The molecule has 1 aliphatic heterocycles. The third-order valence-corrected chi connectivity index (χ3v) is 3.38. The number of hydrogen-bond acceptors (Lipinski definition) is 3. The van der Waals surface area contributed by atoms with Crippen molar-refractivity contribution in [3.63, 3.8) is 0 Å². The Hall–Kier alpha value is -1.57. The zero-order valence-corrected chi connectivity index (χ0v) is 12.5. The summed E-state index contributed by atoms with van der Waals surface area (Å²) in [6.07, 6.45) is 2.31. The normalized spacial score (nSPS) is 19.9. The molecule has 1 N–H and O–H groups in total. The van der Waals surface area contributed by atoms with Crippen LogP contribution in [-0.4, -0.2) is 30.0 Å². The lowest BCUT2D eigenvalue weighted by atomic mass is 10.1. The minimum atomic E-state index is -0.403. The first-order valence-electron chi connectivity index (χ1n) is 7.20. The van der Waals surface area contributed by atoms with Gasteiger partial charge in [-0.2, -0.15) is 0 Å². The van der Waals surface area contributed by atoms with E-state index in [0.717, 1.165) is 12.8 Å². The average molecular weight is 292 g/mol. The summed E-state index contributed by atoms with van der Waals surface area (Å²) in [5.41, 5.74) is 0.553. The molecule has 0 bridgehead atoms. The van der Waals surface area contributed by atoms with Gasteiger partial charge in [-0.05, 0) is 44.9 Å². The fourth-order valence-electron chi connectivity index (χ4n) is 2.29. The first-order chi connectivity index (χ1) is 10.00. The van der Waals surface area contributed by atoms with Gasteiger partial charge in [0.25, 0.3) is 0 Å². The van der Waals surface area contributed by atoms with Gasteiger partial charge in [0.1, 0.15) is 6.61 Å². The molecular formula is C17H21FO3. The third kappa shape index (κ3) is 4.73. The van der Waals surface area contributed by atoms with E-state index in [9.17, 15) is 4.39 Å². The van der Waals surface area contributed by atoms with Gasteiger partial charge in [-0.3, -0.25) is 0 Å². The number of ether oxygens (including phenoxy) is 2. The summed E-state index contributed by atoms with van der Waals surface area (Å²) in [6, 6.07) is 4.53. The number of rotatable bonds is 4. The van der Waals surface area contributed by atoms with Crippen molar-refractivity contribution in [2.45, 2.75) is 44.8 Å². The highest BCUT2D eigenvalue weighted by atomic mass is 19.1. The molecule has 0 aromatic heterocycles. The van der Waals surface area contributed by atoms with E-state index in [1.165, 1.54) is 6.07 Å². The SMILES string of the molecule is CC1(C)CCC(COc2cc(C#CCCO)ccc2F)O1. The molecular weight excluding hydrogens is 271 g/mol. The summed E-state index contributed by atoms with van der Waals surface area (Å²) in [5, 5.41) is 8.69. The molecule has 3 nitrogen and oxygen atoms in total. The second kappa shape index (κ2) is 6.93. The van der Waals surface area contributed by atoms with Gasteiger partial charge in [-0.15, -0.1) is 0 Å². The first-order valence-corrected chi connectivity index (χ1v) is 7.20. The van der Waals surface area contributed by atoms with Gasteiger partial charge in [0, 0.05) is 12.0 Å². The van der Waals surface area contributed by atoms with E-state index in [1.54, 1.807) is 12.1 Å². The van der Waals surface area contributed by atoms with Crippen molar-refractivity contribution in [3.05, 3.63) is 29.6 Å². The number of halogens is 1. The molecule has 1 atom stereocenters. The lowest BCUT2D eigenvalue weighted by molar-refractivity contribution is -0.0330. The summed E-state index contributed by atoms with van der Waals surface area (Å²) < 4.78 is 25.1. The van der Waals surface area contributed by atoms with E-state index in [4.69, 9.17) is 14.6 Å². The molecule has 0 spiro atoms. The Labute approximate surface area is 125 Å². The molecule has 1 heterocycles. The largest absolute Gasteiger partial charge is 0.488 e. The van der Waals surface area contributed by atoms with Crippen molar-refractivity contribution >= 4 is 0 Å². The molecule has 1 saturated heterocycles. The molecule has 114 valence electrons. The van der Waals surface area contributed by atoms with E-state index in [0.29, 0.717) is 18.6 Å². The van der Waals surface area contributed by atoms with Crippen LogP contribution in [-0.2, 0) is 4.74 Å². The molecule has 21 heavy (non-hydrogen) atoms. The summed E-state index contributed by atoms with van der Waals surface area (Å²) in [6.45, 7) is 4.45. The minimum absolute atomic E-state index is 0.00327. The molecule has 1 aliphatic rings. The number of aliphatic hydroxyl groups excluding tert-OH is 1. The molecule has 1 unspecified atom stereocenters. The third-order valence-electron chi connectivity index (χ3n) is 3.38. The number of aliphatic hydroxyl groups is 1. The molecule has 2 rings (SSSR count). The smallest absolute Gasteiger partial charge is 0.165 e. The molecule has 0 amide bonds. The summed E-state index contributed by atoms with van der Waals surface area (Å²) >= 11 is 0. The maximum absolute atomic E-state index is 13.7. The van der Waals surface area contributed by atoms with E-state index in [1.807, 2.05) is 13.8 Å². The highest BCUT2D eigenvalue weighted by Crippen LogP contribution is 2.30. The van der Waals surface area contributed by atoms with E-state index >= 15 is 0 Å². The highest BCUT2D eigenvalue weighted by molar-refractivity contribution is 5.40. The summed E-state index contributed by atoms with van der Waals surface area (Å²) in [5.74, 6) is 5.46. The van der Waals surface area contributed by atoms with Gasteiger partial charge >= 0.3 is 0 Å². The Morgan fingerprint density at radius 1 is 1.48 bits per heavy atom. The molecule has 1 aromatic rings. The Kier molecular flexibility index (Phi) is 5.22. The van der Waals surface area contributed by atoms with Crippen molar-refractivity contribution in [1.82, 2.24) is 0 Å². The van der Waals surface area contributed by atoms with Crippen LogP contribution in [0.15, 0.2) is 18.2 Å². The molecule has 0 saturated carbocycles. The first kappa shape index (κ1) is 15.8. The Morgan fingerprint density at radius 3 is 2.95 bits per heavy atom. The molecule has 0 radical (unpaired) electrons. The lowest BCUT2D eigenvalue weighted by Crippen LogP contribution is -2.24. The maximum atomic E-state index is 13.7. The van der Waals surface area contributed by atoms with Crippen molar-refractivity contribution in [3.8, 4) is 17.6 Å². The second-order valence-electron chi connectivity index (χ2n) is 5.77. The van der Waals surface area contributed by atoms with E-state index in [-0.39, 0.29) is 24.1 Å². The zero-order valence-electron chi connectivity index (χ0n) is 12.5. The van der Waals surface area contributed by atoms with Gasteiger partial charge in [0.15, 0.2) is 11.6 Å². The zero-order chi connectivity index (χ0) is 15.3. The van der Waals surface area contributed by atoms with Gasteiger partial charge < -0.3 is 14.6 Å². The van der Waals surface area contributed by atoms with E-state index < -0.39 is 5.82 Å². The van der Waals surface area contributed by atoms with Crippen LogP contribution in [0.5, 0.6) is 5.75 Å². The van der Waals surface area contributed by atoms with Gasteiger partial charge in [0.2, 0.25) is 0 Å². The Bertz CT molecular complexity index is 543. The monoisotopic (exact) mass is 292 g/mol. The highest BCUT2D eigenvalue weighted by Gasteiger charge is 2.32. The number of hydrogen-bond donors (Lipinski definition) is 1. The fraction of sp³-hybridized carbons (Fsp3) is 0.529. The van der Waals surface area contributed by atoms with Crippen LogP contribution >= 0.6 is 0 Å². The standard InChI is InChI=1S/C17H21FO3/c1-17(2)9-8-14(21-17)12-20-16-11-13(5-3-4-10-19)6-7-15(16)18/h6-7,11,14,19H,4,8-10,12H2,1-2H3. The van der Waals surface area contributed by atoms with Crippen molar-refractivity contribution in [2.24, 2.45) is 0 Å². The minimum Gasteiger partial charge on any atom is -0.488 e. The quantitative estimate of drug-likeness (QED) is 0.867. The van der Waals surface area contributed by atoms with Crippen LogP contribution in [0.4, 0.5) is 4.39 Å². The van der Waals surface area contributed by atoms with Crippen molar-refractivity contribution < 1.29 is 19.0 Å².